The first-order valence-corrected chi connectivity index (χ1v) is 4.07. The molecule has 0 spiro atoms. The molecule has 114 valence electrons. The maximum absolute atomic E-state index is 13.2. The molecule has 0 radical (unpaired) electrons. The monoisotopic (exact) mass is 308 g/mol. The van der Waals surface area contributed by atoms with Crippen LogP contribution in [0.4, 0.5) is 35.1 Å². The average Bonchev–Trinajstić information content (AvgIpc) is 2.28. The average molecular weight is 308 g/mol. The standard InChI is InChI=1S/C6H4F8O5/c1-16-2(7,8)3(9,10)17-5(12)4(11,15)18-6(13,14)19-5/h15H,1H3. The van der Waals surface area contributed by atoms with Gasteiger partial charge in [0.05, 0.1) is 0 Å². The van der Waals surface area contributed by atoms with E-state index in [0.717, 1.165) is 0 Å². The molecule has 1 heterocycles. The summed E-state index contributed by atoms with van der Waals surface area (Å²) in [6, 6.07) is -10.7. The second-order valence-corrected chi connectivity index (χ2v) is 3.10. The number of ether oxygens (including phenoxy) is 4. The van der Waals surface area contributed by atoms with E-state index in [1.807, 2.05) is 0 Å². The highest BCUT2D eigenvalue weighted by molar-refractivity contribution is 4.79. The molecule has 2 unspecified atom stereocenters. The van der Waals surface area contributed by atoms with Gasteiger partial charge in [0.15, 0.2) is 0 Å². The summed E-state index contributed by atoms with van der Waals surface area (Å²) in [7, 11) is 0.0322. The van der Waals surface area contributed by atoms with Gasteiger partial charge in [-0.2, -0.15) is 26.3 Å². The molecule has 0 saturated carbocycles. The maximum Gasteiger partial charge on any atom is 0.494 e. The quantitative estimate of drug-likeness (QED) is 0.801. The summed E-state index contributed by atoms with van der Waals surface area (Å²) in [4.78, 5) is 0. The summed E-state index contributed by atoms with van der Waals surface area (Å²) >= 11 is 0. The van der Waals surface area contributed by atoms with Crippen LogP contribution in [0.1, 0.15) is 0 Å². The summed E-state index contributed by atoms with van der Waals surface area (Å²) in [5.74, 6) is 0. The van der Waals surface area contributed by atoms with Gasteiger partial charge in [0.1, 0.15) is 0 Å². The highest BCUT2D eigenvalue weighted by Gasteiger charge is 2.78. The molecule has 13 heteroatoms. The zero-order valence-electron chi connectivity index (χ0n) is 8.60. The lowest BCUT2D eigenvalue weighted by molar-refractivity contribution is -0.529. The highest BCUT2D eigenvalue weighted by Crippen LogP contribution is 2.51. The Labute approximate surface area is 98.1 Å². The van der Waals surface area contributed by atoms with Crippen molar-refractivity contribution >= 4 is 0 Å². The van der Waals surface area contributed by atoms with Crippen molar-refractivity contribution in [2.45, 2.75) is 30.6 Å². The van der Waals surface area contributed by atoms with E-state index in [9.17, 15) is 35.1 Å². The minimum absolute atomic E-state index is 0.0322. The summed E-state index contributed by atoms with van der Waals surface area (Å²) in [5, 5.41) is 8.34. The van der Waals surface area contributed by atoms with Crippen LogP contribution >= 0.6 is 0 Å². The predicted octanol–water partition coefficient (Wildman–Crippen LogP) is 1.67. The number of hydrogen-bond donors (Lipinski definition) is 1. The lowest BCUT2D eigenvalue weighted by Crippen LogP contribution is -2.56. The molecule has 0 aliphatic carbocycles. The molecule has 1 N–H and O–H groups in total. The maximum atomic E-state index is 13.2. The smallest absolute Gasteiger partial charge is 0.333 e. The Morgan fingerprint density at radius 3 is 1.74 bits per heavy atom. The Morgan fingerprint density at radius 2 is 1.42 bits per heavy atom. The van der Waals surface area contributed by atoms with Crippen LogP contribution in [-0.2, 0) is 18.9 Å². The van der Waals surface area contributed by atoms with E-state index in [1.165, 1.54) is 0 Å². The molecule has 0 aromatic carbocycles. The van der Waals surface area contributed by atoms with E-state index in [4.69, 9.17) is 5.11 Å². The first-order chi connectivity index (χ1) is 8.18. The lowest BCUT2D eigenvalue weighted by atomic mass is 10.5. The predicted molar refractivity (Wildman–Crippen MR) is 35.0 cm³/mol. The molecule has 5 nitrogen and oxygen atoms in total. The van der Waals surface area contributed by atoms with E-state index in [2.05, 4.69) is 18.9 Å². The van der Waals surface area contributed by atoms with Crippen LogP contribution in [0.3, 0.4) is 0 Å². The number of rotatable bonds is 4. The molecule has 19 heavy (non-hydrogen) atoms. The van der Waals surface area contributed by atoms with Gasteiger partial charge in [0.2, 0.25) is 0 Å². The van der Waals surface area contributed by atoms with Crippen LogP contribution in [0.15, 0.2) is 0 Å². The van der Waals surface area contributed by atoms with Gasteiger partial charge in [0.25, 0.3) is 0 Å². The van der Waals surface area contributed by atoms with Crippen molar-refractivity contribution in [2.24, 2.45) is 0 Å². The van der Waals surface area contributed by atoms with Gasteiger partial charge in [-0.25, -0.2) is 14.2 Å². The second-order valence-electron chi connectivity index (χ2n) is 3.10. The van der Waals surface area contributed by atoms with Crippen molar-refractivity contribution in [1.82, 2.24) is 0 Å². The van der Waals surface area contributed by atoms with Crippen LogP contribution in [-0.4, -0.2) is 42.8 Å². The molecule has 1 rings (SSSR count). The van der Waals surface area contributed by atoms with Gasteiger partial charge < -0.3 is 9.84 Å². The Hall–Kier alpha value is -0.760. The lowest BCUT2D eigenvalue weighted by Gasteiger charge is -2.30. The summed E-state index contributed by atoms with van der Waals surface area (Å²) in [6.45, 7) is 0. The second kappa shape index (κ2) is 4.12. The molecule has 1 saturated heterocycles. The molecule has 0 bridgehead atoms. The third kappa shape index (κ3) is 2.74. The van der Waals surface area contributed by atoms with E-state index in [-0.39, 0.29) is 7.11 Å². The third-order valence-corrected chi connectivity index (χ3v) is 1.73. The SMILES string of the molecule is COC(F)(F)C(F)(F)OC1(F)OC(F)(F)OC1(O)F. The number of halogens is 8. The van der Waals surface area contributed by atoms with Gasteiger partial charge in [0, 0.05) is 7.11 Å². The van der Waals surface area contributed by atoms with Crippen LogP contribution in [0, 0.1) is 0 Å². The molecule has 1 fully saturated rings. The van der Waals surface area contributed by atoms with Gasteiger partial charge >= 0.3 is 30.6 Å². The highest BCUT2D eigenvalue weighted by atomic mass is 19.3. The minimum atomic E-state index is -5.97. The molecule has 1 aliphatic heterocycles. The fourth-order valence-electron chi connectivity index (χ4n) is 0.882. The van der Waals surface area contributed by atoms with E-state index in [1.54, 1.807) is 0 Å². The van der Waals surface area contributed by atoms with Crippen LogP contribution in [0.2, 0.25) is 0 Å². The topological polar surface area (TPSA) is 57.2 Å². The third-order valence-electron chi connectivity index (χ3n) is 1.73. The zero-order chi connectivity index (χ0) is 15.3. The Kier molecular flexibility index (Phi) is 3.53. The summed E-state index contributed by atoms with van der Waals surface area (Å²) in [6.07, 6.45) is -16.7. The molecule has 0 amide bonds. The molecule has 2 atom stereocenters. The van der Waals surface area contributed by atoms with Gasteiger partial charge in [-0.3, -0.25) is 0 Å². The largest absolute Gasteiger partial charge is 0.494 e. The molecule has 0 aromatic heterocycles. The van der Waals surface area contributed by atoms with Crippen molar-refractivity contribution in [3.05, 3.63) is 0 Å². The normalized spacial score (nSPS) is 35.7. The molecule has 1 aliphatic rings. The minimum Gasteiger partial charge on any atom is -0.333 e. The van der Waals surface area contributed by atoms with Gasteiger partial charge in [-0.05, 0) is 0 Å². The fourth-order valence-corrected chi connectivity index (χ4v) is 0.882. The number of aliphatic hydroxyl groups is 1. The van der Waals surface area contributed by atoms with Crippen LogP contribution in [0.25, 0.3) is 0 Å². The first kappa shape index (κ1) is 16.3. The fraction of sp³-hybridized carbons (Fsp3) is 1.00. The van der Waals surface area contributed by atoms with Crippen molar-refractivity contribution in [3.8, 4) is 0 Å². The summed E-state index contributed by atoms with van der Waals surface area (Å²) in [5.41, 5.74) is 0. The van der Waals surface area contributed by atoms with E-state index >= 15 is 0 Å². The summed E-state index contributed by atoms with van der Waals surface area (Å²) < 4.78 is 111. The molecular formula is C6H4F8O5. The van der Waals surface area contributed by atoms with E-state index < -0.39 is 30.6 Å². The van der Waals surface area contributed by atoms with Crippen molar-refractivity contribution in [3.63, 3.8) is 0 Å². The van der Waals surface area contributed by atoms with Gasteiger partial charge in [-0.15, -0.1) is 8.78 Å². The zero-order valence-corrected chi connectivity index (χ0v) is 8.60. The van der Waals surface area contributed by atoms with Crippen molar-refractivity contribution in [2.75, 3.05) is 7.11 Å². The van der Waals surface area contributed by atoms with E-state index in [0.29, 0.717) is 0 Å². The van der Waals surface area contributed by atoms with Crippen LogP contribution < -0.4 is 0 Å². The van der Waals surface area contributed by atoms with Crippen molar-refractivity contribution in [1.29, 1.82) is 0 Å². The Morgan fingerprint density at radius 1 is 0.947 bits per heavy atom. The first-order valence-electron chi connectivity index (χ1n) is 4.07. The van der Waals surface area contributed by atoms with Crippen molar-refractivity contribution < 1.29 is 59.2 Å². The molecular weight excluding hydrogens is 304 g/mol. The van der Waals surface area contributed by atoms with Gasteiger partial charge in [-0.1, -0.05) is 0 Å². The Bertz CT molecular complexity index is 360. The Balaban J connectivity index is 3.04. The number of methoxy groups -OCH3 is 1. The molecule has 0 aromatic rings. The van der Waals surface area contributed by atoms with Crippen LogP contribution in [0.5, 0.6) is 0 Å². The number of alkyl halides is 8. The number of hydrogen-bond acceptors (Lipinski definition) is 5.